The summed E-state index contributed by atoms with van der Waals surface area (Å²) in [5.74, 6) is 0. The van der Waals surface area contributed by atoms with Crippen molar-refractivity contribution in [1.82, 2.24) is 0 Å². The highest BCUT2D eigenvalue weighted by molar-refractivity contribution is 4.96. The van der Waals surface area contributed by atoms with Crippen LogP contribution in [0.15, 0.2) is 0 Å². The van der Waals surface area contributed by atoms with Crippen LogP contribution in [0, 0.1) is 0 Å². The molecule has 3 rings (SSSR count). The average Bonchev–Trinajstić information content (AvgIpc) is 2.83. The molecule has 0 unspecified atom stereocenters. The normalized spacial score (nSPS) is 52.5. The monoisotopic (exact) mass is 503 g/mol. The Hall–Kier alpha value is -0.640. The summed E-state index contributed by atoms with van der Waals surface area (Å²) in [5.41, 5.74) is 5.68. The summed E-state index contributed by atoms with van der Waals surface area (Å²) in [6.07, 6.45) is -22.7. The number of aliphatic hydroxyl groups excluding tert-OH is 10. The first-order valence-corrected chi connectivity index (χ1v) is 10.7. The lowest BCUT2D eigenvalue weighted by molar-refractivity contribution is -0.374. The van der Waals surface area contributed by atoms with E-state index in [2.05, 4.69) is 0 Å². The van der Waals surface area contributed by atoms with Gasteiger partial charge in [0.1, 0.15) is 67.1 Å². The Morgan fingerprint density at radius 1 is 0.529 bits per heavy atom. The zero-order chi connectivity index (χ0) is 25.3. The van der Waals surface area contributed by atoms with Gasteiger partial charge in [-0.15, -0.1) is 0 Å². The van der Waals surface area contributed by atoms with Gasteiger partial charge in [-0.3, -0.25) is 0 Å². The van der Waals surface area contributed by atoms with Crippen LogP contribution in [0.25, 0.3) is 0 Å². The molecule has 3 heterocycles. The van der Waals surface area contributed by atoms with Gasteiger partial charge in [0, 0.05) is 0 Å². The maximum Gasteiger partial charge on any atom is 0.187 e. The van der Waals surface area contributed by atoms with Gasteiger partial charge < -0.3 is 80.5 Å². The number of nitrogens with two attached hydrogens (primary N) is 1. The quantitative estimate of drug-likeness (QED) is 0.154. The third-order valence-corrected chi connectivity index (χ3v) is 6.18. The Bertz CT molecular complexity index is 640. The number of rotatable bonds is 7. The van der Waals surface area contributed by atoms with Crippen molar-refractivity contribution in [3.63, 3.8) is 0 Å². The van der Waals surface area contributed by atoms with Gasteiger partial charge in [0.15, 0.2) is 18.9 Å². The maximum atomic E-state index is 10.6. The van der Waals surface area contributed by atoms with E-state index in [1.807, 2.05) is 0 Å². The fraction of sp³-hybridized carbons (Fsp3) is 1.00. The van der Waals surface area contributed by atoms with Gasteiger partial charge >= 0.3 is 0 Å². The van der Waals surface area contributed by atoms with Crippen molar-refractivity contribution in [2.24, 2.45) is 5.73 Å². The SMILES string of the molecule is N[C@@H]1[C@H](O)[C@@H](O)[C@@H](O[C@@H]2[C@H](O)[C@@H](O)[C@H](O[C@H]3[C@H](O)[C@@H](O)[C@H](O)O[C@@H]3CO)O[C@@H]2CO)O[C@@H]1CO. The molecule has 12 N–H and O–H groups in total. The summed E-state index contributed by atoms with van der Waals surface area (Å²) in [5, 5.41) is 99.6. The minimum Gasteiger partial charge on any atom is -0.394 e. The molecular weight excluding hydrogens is 470 g/mol. The second kappa shape index (κ2) is 11.6. The first kappa shape index (κ1) is 27.9. The summed E-state index contributed by atoms with van der Waals surface area (Å²) in [7, 11) is 0. The van der Waals surface area contributed by atoms with E-state index in [1.165, 1.54) is 0 Å². The van der Waals surface area contributed by atoms with Crippen molar-refractivity contribution in [3.8, 4) is 0 Å². The number of aliphatic hydroxyl groups is 10. The maximum absolute atomic E-state index is 10.6. The Morgan fingerprint density at radius 3 is 1.44 bits per heavy atom. The van der Waals surface area contributed by atoms with Crippen molar-refractivity contribution >= 4 is 0 Å². The molecule has 34 heavy (non-hydrogen) atoms. The molecule has 16 nitrogen and oxygen atoms in total. The van der Waals surface area contributed by atoms with Crippen LogP contribution >= 0.6 is 0 Å². The fourth-order valence-corrected chi connectivity index (χ4v) is 4.11. The van der Waals surface area contributed by atoms with E-state index in [4.69, 9.17) is 29.4 Å². The lowest BCUT2D eigenvalue weighted by Gasteiger charge is -2.48. The predicted molar refractivity (Wildman–Crippen MR) is 103 cm³/mol. The summed E-state index contributed by atoms with van der Waals surface area (Å²) < 4.78 is 26.6. The molecule has 3 aliphatic rings. The van der Waals surface area contributed by atoms with Gasteiger partial charge in [-0.2, -0.15) is 0 Å². The van der Waals surface area contributed by atoms with E-state index in [-0.39, 0.29) is 0 Å². The first-order valence-electron chi connectivity index (χ1n) is 10.7. The standard InChI is InChI=1S/C18H33NO15/c19-7-4(1-20)31-17(12(27)8(7)23)34-15-6(3-22)32-18(13(28)10(15)25)33-14-5(2-21)30-16(29)11(26)9(14)24/h4-18,20-29H,1-3,19H2/t4-,5-,6-,7+,8+,9-,10-,11-,12-,13-,14-,15+,16-,17-,18+/m1/s1. The lowest BCUT2D eigenvalue weighted by atomic mass is 9.95. The first-order chi connectivity index (χ1) is 16.0. The highest BCUT2D eigenvalue weighted by Crippen LogP contribution is 2.31. The van der Waals surface area contributed by atoms with Crippen LogP contribution in [0.1, 0.15) is 0 Å². The molecule has 0 aromatic carbocycles. The molecule has 3 fully saturated rings. The molecule has 200 valence electrons. The van der Waals surface area contributed by atoms with E-state index in [9.17, 15) is 51.1 Å². The van der Waals surface area contributed by atoms with Crippen LogP contribution in [-0.4, -0.2) is 163 Å². The van der Waals surface area contributed by atoms with Gasteiger partial charge in [0.25, 0.3) is 0 Å². The van der Waals surface area contributed by atoms with Gasteiger partial charge in [-0.25, -0.2) is 0 Å². The highest BCUT2D eigenvalue weighted by Gasteiger charge is 2.53. The predicted octanol–water partition coefficient (Wildman–Crippen LogP) is -7.61. The van der Waals surface area contributed by atoms with E-state index in [1.54, 1.807) is 0 Å². The van der Waals surface area contributed by atoms with Crippen LogP contribution in [-0.2, 0) is 23.7 Å². The van der Waals surface area contributed by atoms with Gasteiger partial charge in [-0.1, -0.05) is 0 Å². The summed E-state index contributed by atoms with van der Waals surface area (Å²) in [4.78, 5) is 0. The topological polar surface area (TPSA) is 274 Å². The minimum absolute atomic E-state index is 0.616. The molecule has 0 aromatic rings. The van der Waals surface area contributed by atoms with Crippen molar-refractivity contribution in [2.45, 2.75) is 92.1 Å². The van der Waals surface area contributed by atoms with Crippen LogP contribution in [0.3, 0.4) is 0 Å². The fourth-order valence-electron chi connectivity index (χ4n) is 4.11. The van der Waals surface area contributed by atoms with Crippen LogP contribution < -0.4 is 5.73 Å². The largest absolute Gasteiger partial charge is 0.394 e. The molecular formula is C18H33NO15. The molecule has 3 saturated heterocycles. The molecule has 0 saturated carbocycles. The van der Waals surface area contributed by atoms with E-state index < -0.39 is 112 Å². The molecule has 0 bridgehead atoms. The Labute approximate surface area is 193 Å². The zero-order valence-electron chi connectivity index (χ0n) is 17.9. The third-order valence-electron chi connectivity index (χ3n) is 6.18. The molecule has 0 aliphatic carbocycles. The van der Waals surface area contributed by atoms with Gasteiger partial charge in [0.2, 0.25) is 0 Å². The van der Waals surface area contributed by atoms with Crippen LogP contribution in [0.5, 0.6) is 0 Å². The van der Waals surface area contributed by atoms with Gasteiger partial charge in [0.05, 0.1) is 25.9 Å². The Balaban J connectivity index is 1.72. The average molecular weight is 503 g/mol. The number of ether oxygens (including phenoxy) is 5. The number of hydrogen-bond acceptors (Lipinski definition) is 16. The molecule has 0 spiro atoms. The number of hydrogen-bond donors (Lipinski definition) is 11. The summed E-state index contributed by atoms with van der Waals surface area (Å²) in [6, 6.07) is -1.14. The Morgan fingerprint density at radius 2 is 0.941 bits per heavy atom. The minimum atomic E-state index is -1.88. The molecule has 3 aliphatic heterocycles. The van der Waals surface area contributed by atoms with E-state index in [0.717, 1.165) is 0 Å². The van der Waals surface area contributed by atoms with Gasteiger partial charge in [-0.05, 0) is 0 Å². The third kappa shape index (κ3) is 5.37. The Kier molecular flexibility index (Phi) is 9.54. The molecule has 0 aromatic heterocycles. The second-order valence-electron chi connectivity index (χ2n) is 8.42. The summed E-state index contributed by atoms with van der Waals surface area (Å²) in [6.45, 7) is -2.16. The van der Waals surface area contributed by atoms with Crippen LogP contribution in [0.2, 0.25) is 0 Å². The van der Waals surface area contributed by atoms with Crippen molar-refractivity contribution < 1.29 is 74.7 Å². The molecule has 0 radical (unpaired) electrons. The van der Waals surface area contributed by atoms with Crippen molar-refractivity contribution in [3.05, 3.63) is 0 Å². The summed E-state index contributed by atoms with van der Waals surface area (Å²) >= 11 is 0. The van der Waals surface area contributed by atoms with E-state index in [0.29, 0.717) is 0 Å². The van der Waals surface area contributed by atoms with Crippen LogP contribution in [0.4, 0.5) is 0 Å². The zero-order valence-corrected chi connectivity index (χ0v) is 17.9. The van der Waals surface area contributed by atoms with Crippen molar-refractivity contribution in [2.75, 3.05) is 19.8 Å². The lowest BCUT2D eigenvalue weighted by Crippen LogP contribution is -2.67. The smallest absolute Gasteiger partial charge is 0.187 e. The molecule has 16 heteroatoms. The van der Waals surface area contributed by atoms with E-state index >= 15 is 0 Å². The molecule has 0 amide bonds. The molecule has 15 atom stereocenters. The van der Waals surface area contributed by atoms with Crippen molar-refractivity contribution in [1.29, 1.82) is 0 Å². The highest BCUT2D eigenvalue weighted by atomic mass is 16.7. The second-order valence-corrected chi connectivity index (χ2v) is 8.42.